The van der Waals surface area contributed by atoms with Crippen molar-refractivity contribution in [1.82, 2.24) is 14.7 Å². The number of carbonyl (C=O) groups is 1. The number of rotatable bonds is 6. The third-order valence-corrected chi connectivity index (χ3v) is 3.20. The Bertz CT molecular complexity index is 497. The van der Waals surface area contributed by atoms with E-state index >= 15 is 0 Å². The molecule has 6 nitrogen and oxygen atoms in total. The molecule has 0 aliphatic heterocycles. The SMILES string of the molecule is CCN(CC)C(=O)CNc1cnn(CC)c(=O)c1Cl. The molecule has 19 heavy (non-hydrogen) atoms. The average Bonchev–Trinajstić information content (AvgIpc) is 2.42. The second kappa shape index (κ2) is 7.13. The summed E-state index contributed by atoms with van der Waals surface area (Å²) >= 11 is 5.95. The summed E-state index contributed by atoms with van der Waals surface area (Å²) in [5.74, 6) is -0.0410. The van der Waals surface area contributed by atoms with Gasteiger partial charge in [0.15, 0.2) is 0 Å². The summed E-state index contributed by atoms with van der Waals surface area (Å²) in [6, 6.07) is 0. The van der Waals surface area contributed by atoms with Gasteiger partial charge in [-0.05, 0) is 20.8 Å². The minimum atomic E-state index is -0.357. The fraction of sp³-hybridized carbons (Fsp3) is 0.583. The van der Waals surface area contributed by atoms with Crippen molar-refractivity contribution < 1.29 is 4.79 Å². The standard InChI is InChI=1S/C12H19ClN4O2/c1-4-16(5-2)10(18)8-14-9-7-15-17(6-3)12(19)11(9)13/h7,14H,4-6,8H2,1-3H3. The predicted octanol–water partition coefficient (Wildman–Crippen LogP) is 1.20. The summed E-state index contributed by atoms with van der Waals surface area (Å²) in [5.41, 5.74) is 0.0290. The fourth-order valence-electron chi connectivity index (χ4n) is 1.67. The zero-order valence-corrected chi connectivity index (χ0v) is 12.2. The number of amides is 1. The van der Waals surface area contributed by atoms with Gasteiger partial charge in [0.1, 0.15) is 5.02 Å². The minimum absolute atomic E-state index is 0.0410. The lowest BCUT2D eigenvalue weighted by Gasteiger charge is -2.19. The molecule has 0 spiro atoms. The molecule has 1 aromatic rings. The number of likely N-dealkylation sites (N-methyl/N-ethyl adjacent to an activating group) is 1. The largest absolute Gasteiger partial charge is 0.373 e. The molecule has 1 rings (SSSR count). The lowest BCUT2D eigenvalue weighted by Crippen LogP contribution is -2.35. The summed E-state index contributed by atoms with van der Waals surface area (Å²) in [4.78, 5) is 25.3. The first-order valence-corrected chi connectivity index (χ1v) is 6.70. The van der Waals surface area contributed by atoms with Crippen molar-refractivity contribution in [2.45, 2.75) is 27.3 Å². The molecule has 1 heterocycles. The van der Waals surface area contributed by atoms with Gasteiger partial charge in [-0.2, -0.15) is 5.10 Å². The smallest absolute Gasteiger partial charge is 0.287 e. The Morgan fingerprint density at radius 1 is 1.42 bits per heavy atom. The second-order valence-electron chi connectivity index (χ2n) is 3.91. The third-order valence-electron chi connectivity index (χ3n) is 2.83. The van der Waals surface area contributed by atoms with Crippen LogP contribution in [-0.4, -0.2) is 40.2 Å². The Kier molecular flexibility index (Phi) is 5.82. The van der Waals surface area contributed by atoms with E-state index < -0.39 is 0 Å². The molecule has 1 N–H and O–H groups in total. The van der Waals surface area contributed by atoms with Crippen LogP contribution in [0.1, 0.15) is 20.8 Å². The average molecular weight is 287 g/mol. The van der Waals surface area contributed by atoms with Crippen molar-refractivity contribution >= 4 is 23.2 Å². The van der Waals surface area contributed by atoms with Crippen molar-refractivity contribution in [2.24, 2.45) is 0 Å². The molecule has 0 aromatic carbocycles. The van der Waals surface area contributed by atoms with E-state index in [1.165, 1.54) is 10.9 Å². The normalized spacial score (nSPS) is 10.3. The molecule has 106 valence electrons. The Hall–Kier alpha value is -1.56. The monoisotopic (exact) mass is 286 g/mol. The first-order chi connectivity index (χ1) is 9.04. The summed E-state index contributed by atoms with van der Waals surface area (Å²) < 4.78 is 1.26. The molecule has 0 saturated carbocycles. The van der Waals surface area contributed by atoms with Crippen LogP contribution < -0.4 is 10.9 Å². The number of carbonyl (C=O) groups excluding carboxylic acids is 1. The van der Waals surface area contributed by atoms with Gasteiger partial charge in [-0.1, -0.05) is 11.6 Å². The van der Waals surface area contributed by atoms with Crippen LogP contribution in [0.15, 0.2) is 11.0 Å². The van der Waals surface area contributed by atoms with Crippen LogP contribution in [0, 0.1) is 0 Å². The van der Waals surface area contributed by atoms with Crippen molar-refractivity contribution in [3.63, 3.8) is 0 Å². The summed E-state index contributed by atoms with van der Waals surface area (Å²) in [6.45, 7) is 7.50. The van der Waals surface area contributed by atoms with E-state index in [-0.39, 0.29) is 23.0 Å². The van der Waals surface area contributed by atoms with Gasteiger partial charge >= 0.3 is 0 Å². The topological polar surface area (TPSA) is 67.2 Å². The number of nitrogens with one attached hydrogen (secondary N) is 1. The summed E-state index contributed by atoms with van der Waals surface area (Å²) in [5, 5.41) is 6.87. The van der Waals surface area contributed by atoms with E-state index in [2.05, 4.69) is 10.4 Å². The first kappa shape index (κ1) is 15.5. The van der Waals surface area contributed by atoms with Crippen molar-refractivity contribution in [2.75, 3.05) is 25.0 Å². The lowest BCUT2D eigenvalue weighted by atomic mass is 10.4. The van der Waals surface area contributed by atoms with E-state index in [1.807, 2.05) is 20.8 Å². The van der Waals surface area contributed by atoms with Crippen LogP contribution in [0.2, 0.25) is 5.02 Å². The first-order valence-electron chi connectivity index (χ1n) is 6.32. The molecule has 0 radical (unpaired) electrons. The molecule has 1 aromatic heterocycles. The van der Waals surface area contributed by atoms with Crippen LogP contribution in [0.25, 0.3) is 0 Å². The number of hydrogen-bond donors (Lipinski definition) is 1. The summed E-state index contributed by atoms with van der Waals surface area (Å²) in [6.07, 6.45) is 1.46. The molecule has 0 saturated heterocycles. The Labute approximate surface area is 117 Å². The number of nitrogens with zero attached hydrogens (tertiary/aromatic N) is 3. The molecular weight excluding hydrogens is 268 g/mol. The number of aryl methyl sites for hydroxylation is 1. The number of anilines is 1. The zero-order valence-electron chi connectivity index (χ0n) is 11.4. The number of hydrogen-bond acceptors (Lipinski definition) is 4. The van der Waals surface area contributed by atoms with Gasteiger partial charge < -0.3 is 10.2 Å². The van der Waals surface area contributed by atoms with E-state index in [9.17, 15) is 9.59 Å². The quantitative estimate of drug-likeness (QED) is 0.853. The van der Waals surface area contributed by atoms with Crippen LogP contribution in [-0.2, 0) is 11.3 Å². The Balaban J connectivity index is 2.77. The number of aromatic nitrogens is 2. The maximum absolute atomic E-state index is 11.8. The van der Waals surface area contributed by atoms with Crippen LogP contribution in [0.3, 0.4) is 0 Å². The van der Waals surface area contributed by atoms with Crippen molar-refractivity contribution in [3.05, 3.63) is 21.6 Å². The van der Waals surface area contributed by atoms with E-state index in [4.69, 9.17) is 11.6 Å². The fourth-order valence-corrected chi connectivity index (χ4v) is 1.89. The lowest BCUT2D eigenvalue weighted by molar-refractivity contribution is -0.128. The minimum Gasteiger partial charge on any atom is -0.373 e. The van der Waals surface area contributed by atoms with Crippen LogP contribution in [0.4, 0.5) is 5.69 Å². The molecule has 0 fully saturated rings. The van der Waals surface area contributed by atoms with Gasteiger partial charge in [-0.3, -0.25) is 9.59 Å². The molecular formula is C12H19ClN4O2. The van der Waals surface area contributed by atoms with Gasteiger partial charge in [0, 0.05) is 19.6 Å². The van der Waals surface area contributed by atoms with Crippen molar-refractivity contribution in [1.29, 1.82) is 0 Å². The molecule has 0 aliphatic carbocycles. The molecule has 7 heteroatoms. The molecule has 0 unspecified atom stereocenters. The van der Waals surface area contributed by atoms with Crippen LogP contribution in [0.5, 0.6) is 0 Å². The highest BCUT2D eigenvalue weighted by Gasteiger charge is 2.12. The highest BCUT2D eigenvalue weighted by atomic mass is 35.5. The van der Waals surface area contributed by atoms with E-state index in [0.29, 0.717) is 25.3 Å². The highest BCUT2D eigenvalue weighted by molar-refractivity contribution is 6.33. The maximum atomic E-state index is 11.8. The number of halogens is 1. The van der Waals surface area contributed by atoms with E-state index in [1.54, 1.807) is 4.90 Å². The Morgan fingerprint density at radius 3 is 2.58 bits per heavy atom. The van der Waals surface area contributed by atoms with Crippen molar-refractivity contribution in [3.8, 4) is 0 Å². The van der Waals surface area contributed by atoms with Crippen LogP contribution >= 0.6 is 11.6 Å². The zero-order chi connectivity index (χ0) is 14.4. The molecule has 0 aliphatic rings. The third kappa shape index (κ3) is 3.70. The molecule has 0 bridgehead atoms. The maximum Gasteiger partial charge on any atom is 0.287 e. The second-order valence-corrected chi connectivity index (χ2v) is 4.29. The molecule has 1 amide bonds. The molecule has 0 atom stereocenters. The van der Waals surface area contributed by atoms with E-state index in [0.717, 1.165) is 0 Å². The summed E-state index contributed by atoms with van der Waals surface area (Å²) in [7, 11) is 0. The van der Waals surface area contributed by atoms with Gasteiger partial charge in [0.2, 0.25) is 5.91 Å². The highest BCUT2D eigenvalue weighted by Crippen LogP contribution is 2.14. The Morgan fingerprint density at radius 2 is 2.05 bits per heavy atom. The van der Waals surface area contributed by atoms with Gasteiger partial charge in [0.05, 0.1) is 18.4 Å². The van der Waals surface area contributed by atoms with Gasteiger partial charge in [0.25, 0.3) is 5.56 Å². The predicted molar refractivity (Wildman–Crippen MR) is 75.6 cm³/mol. The van der Waals surface area contributed by atoms with Gasteiger partial charge in [-0.15, -0.1) is 0 Å². The van der Waals surface area contributed by atoms with Gasteiger partial charge in [-0.25, -0.2) is 4.68 Å².